The van der Waals surface area contributed by atoms with E-state index in [1.165, 1.54) is 39.3 Å². The van der Waals surface area contributed by atoms with Gasteiger partial charge >= 0.3 is 5.97 Å². The number of nitrogens with zero attached hydrogens (tertiary/aromatic N) is 1. The minimum absolute atomic E-state index is 0.0857. The Morgan fingerprint density at radius 1 is 1.50 bits per heavy atom. The van der Waals surface area contributed by atoms with Crippen LogP contribution in [0.25, 0.3) is 0 Å². The highest BCUT2D eigenvalue weighted by Gasteiger charge is 2.16. The lowest BCUT2D eigenvalue weighted by molar-refractivity contribution is 0.0599. The van der Waals surface area contributed by atoms with E-state index in [0.29, 0.717) is 5.56 Å². The molecular formula is C11H14FNO3. The van der Waals surface area contributed by atoms with Gasteiger partial charge in [0.2, 0.25) is 5.88 Å². The number of rotatable bonds is 4. The van der Waals surface area contributed by atoms with E-state index in [-0.39, 0.29) is 12.5 Å². The summed E-state index contributed by atoms with van der Waals surface area (Å²) in [4.78, 5) is 14.9. The average molecular weight is 227 g/mol. The maximum atomic E-state index is 13.1. The van der Waals surface area contributed by atoms with Crippen LogP contribution in [0.1, 0.15) is 24.2 Å². The van der Waals surface area contributed by atoms with Crippen molar-refractivity contribution in [1.82, 2.24) is 4.98 Å². The van der Waals surface area contributed by atoms with E-state index in [1.807, 2.05) is 0 Å². The van der Waals surface area contributed by atoms with E-state index in [1.54, 1.807) is 0 Å². The molecule has 0 bridgehead atoms. The van der Waals surface area contributed by atoms with Gasteiger partial charge in [-0.1, -0.05) is 0 Å². The zero-order chi connectivity index (χ0) is 12.2. The molecule has 0 spiro atoms. The van der Waals surface area contributed by atoms with Gasteiger partial charge in [-0.05, 0) is 19.9 Å². The second-order valence-corrected chi connectivity index (χ2v) is 3.88. The predicted molar refractivity (Wildman–Crippen MR) is 56.3 cm³/mol. The van der Waals surface area contributed by atoms with Crippen LogP contribution < -0.4 is 4.74 Å². The first-order chi connectivity index (χ1) is 7.42. The van der Waals surface area contributed by atoms with Crippen molar-refractivity contribution in [2.75, 3.05) is 13.7 Å². The standard InChI is InChI=1S/C11H14FNO3/c1-11(2,12)7-16-9-5-4-8(6-13-9)10(14)15-3/h4-6H,7H2,1-3H3. The fourth-order valence-electron chi connectivity index (χ4n) is 0.950. The molecule has 16 heavy (non-hydrogen) atoms. The zero-order valence-electron chi connectivity index (χ0n) is 9.49. The van der Waals surface area contributed by atoms with Crippen molar-refractivity contribution in [3.8, 4) is 5.88 Å². The molecule has 4 nitrogen and oxygen atoms in total. The SMILES string of the molecule is COC(=O)c1ccc(OCC(C)(C)F)nc1. The highest BCUT2D eigenvalue weighted by molar-refractivity contribution is 5.88. The van der Waals surface area contributed by atoms with Crippen molar-refractivity contribution in [2.24, 2.45) is 0 Å². The summed E-state index contributed by atoms with van der Waals surface area (Å²) in [5, 5.41) is 0. The predicted octanol–water partition coefficient (Wildman–Crippen LogP) is 2.00. The summed E-state index contributed by atoms with van der Waals surface area (Å²) in [5.74, 6) is -0.191. The molecule has 0 aliphatic carbocycles. The molecule has 0 aromatic carbocycles. The van der Waals surface area contributed by atoms with E-state index in [9.17, 15) is 9.18 Å². The van der Waals surface area contributed by atoms with Gasteiger partial charge in [0.15, 0.2) is 0 Å². The quantitative estimate of drug-likeness (QED) is 0.738. The maximum Gasteiger partial charge on any atom is 0.339 e. The number of esters is 1. The summed E-state index contributed by atoms with van der Waals surface area (Å²) in [6.45, 7) is 2.74. The number of pyridine rings is 1. The molecule has 0 atom stereocenters. The summed E-state index contributed by atoms with van der Waals surface area (Å²) in [6, 6.07) is 3.01. The maximum absolute atomic E-state index is 13.1. The van der Waals surface area contributed by atoms with Crippen LogP contribution in [0.3, 0.4) is 0 Å². The lowest BCUT2D eigenvalue weighted by atomic mass is 10.2. The number of carbonyl (C=O) groups excluding carboxylic acids is 1. The Balaban J connectivity index is 2.62. The van der Waals surface area contributed by atoms with E-state index in [0.717, 1.165) is 0 Å². The first kappa shape index (κ1) is 12.4. The second kappa shape index (κ2) is 4.92. The number of carbonyl (C=O) groups is 1. The Hall–Kier alpha value is -1.65. The number of alkyl halides is 1. The normalized spacial score (nSPS) is 11.0. The lowest BCUT2D eigenvalue weighted by Crippen LogP contribution is -2.22. The molecular weight excluding hydrogens is 213 g/mol. The van der Waals surface area contributed by atoms with E-state index in [4.69, 9.17) is 4.74 Å². The van der Waals surface area contributed by atoms with Crippen molar-refractivity contribution >= 4 is 5.97 Å². The highest BCUT2D eigenvalue weighted by atomic mass is 19.1. The van der Waals surface area contributed by atoms with Crippen molar-refractivity contribution in [1.29, 1.82) is 0 Å². The molecule has 1 aromatic rings. The Bertz CT molecular complexity index is 356. The van der Waals surface area contributed by atoms with Crippen LogP contribution in [0.15, 0.2) is 18.3 Å². The van der Waals surface area contributed by atoms with Crippen molar-refractivity contribution in [3.05, 3.63) is 23.9 Å². The summed E-state index contributed by atoms with van der Waals surface area (Å²) >= 11 is 0. The molecule has 0 amide bonds. The van der Waals surface area contributed by atoms with E-state index >= 15 is 0 Å². The first-order valence-corrected chi connectivity index (χ1v) is 4.78. The van der Waals surface area contributed by atoms with Gasteiger partial charge in [0, 0.05) is 12.3 Å². The third kappa shape index (κ3) is 3.84. The Morgan fingerprint density at radius 2 is 2.19 bits per heavy atom. The topological polar surface area (TPSA) is 48.4 Å². The summed E-state index contributed by atoms with van der Waals surface area (Å²) in [7, 11) is 1.29. The minimum Gasteiger partial charge on any atom is -0.474 e. The molecule has 0 N–H and O–H groups in total. The van der Waals surface area contributed by atoms with Gasteiger partial charge in [0.1, 0.15) is 12.3 Å². The van der Waals surface area contributed by atoms with Gasteiger partial charge in [-0.15, -0.1) is 0 Å². The molecule has 0 unspecified atom stereocenters. The molecule has 5 heteroatoms. The van der Waals surface area contributed by atoms with Crippen LogP contribution in [0, 0.1) is 0 Å². The lowest BCUT2D eigenvalue weighted by Gasteiger charge is -2.14. The molecule has 0 fully saturated rings. The van der Waals surface area contributed by atoms with E-state index in [2.05, 4.69) is 9.72 Å². The van der Waals surface area contributed by atoms with Crippen molar-refractivity contribution < 1.29 is 18.7 Å². The number of hydrogen-bond acceptors (Lipinski definition) is 4. The molecule has 0 aliphatic rings. The highest BCUT2D eigenvalue weighted by Crippen LogP contribution is 2.13. The molecule has 0 radical (unpaired) electrons. The van der Waals surface area contributed by atoms with Gasteiger partial charge in [-0.3, -0.25) is 0 Å². The third-order valence-electron chi connectivity index (χ3n) is 1.72. The fourth-order valence-corrected chi connectivity index (χ4v) is 0.950. The Kier molecular flexibility index (Phi) is 3.82. The molecule has 0 saturated heterocycles. The molecule has 1 aromatic heterocycles. The Labute approximate surface area is 93.4 Å². The van der Waals surface area contributed by atoms with Crippen LogP contribution >= 0.6 is 0 Å². The zero-order valence-corrected chi connectivity index (χ0v) is 9.49. The molecule has 1 rings (SSSR count). The number of ether oxygens (including phenoxy) is 2. The number of halogens is 1. The molecule has 0 aliphatic heterocycles. The van der Waals surface area contributed by atoms with Crippen LogP contribution in [0.2, 0.25) is 0 Å². The number of methoxy groups -OCH3 is 1. The second-order valence-electron chi connectivity index (χ2n) is 3.88. The Morgan fingerprint density at radius 3 is 2.62 bits per heavy atom. The molecule has 88 valence electrons. The van der Waals surface area contributed by atoms with Crippen molar-refractivity contribution in [2.45, 2.75) is 19.5 Å². The number of hydrogen-bond donors (Lipinski definition) is 0. The summed E-state index contributed by atoms with van der Waals surface area (Å²) < 4.78 is 22.7. The summed E-state index contributed by atoms with van der Waals surface area (Å²) in [5.41, 5.74) is -1.09. The van der Waals surface area contributed by atoms with Gasteiger partial charge in [-0.25, -0.2) is 14.2 Å². The van der Waals surface area contributed by atoms with Crippen LogP contribution in [0.5, 0.6) is 5.88 Å². The van der Waals surface area contributed by atoms with Gasteiger partial charge in [0.05, 0.1) is 12.7 Å². The van der Waals surface area contributed by atoms with E-state index < -0.39 is 11.6 Å². The summed E-state index contributed by atoms with van der Waals surface area (Å²) in [6.07, 6.45) is 1.33. The number of aromatic nitrogens is 1. The monoisotopic (exact) mass is 227 g/mol. The minimum atomic E-state index is -1.41. The van der Waals surface area contributed by atoms with Crippen LogP contribution in [-0.2, 0) is 4.74 Å². The van der Waals surface area contributed by atoms with Crippen LogP contribution in [-0.4, -0.2) is 30.3 Å². The third-order valence-corrected chi connectivity index (χ3v) is 1.72. The fraction of sp³-hybridized carbons (Fsp3) is 0.455. The van der Waals surface area contributed by atoms with Crippen LogP contribution in [0.4, 0.5) is 4.39 Å². The van der Waals surface area contributed by atoms with Gasteiger partial charge in [-0.2, -0.15) is 0 Å². The molecule has 1 heterocycles. The van der Waals surface area contributed by atoms with Gasteiger partial charge < -0.3 is 9.47 Å². The first-order valence-electron chi connectivity index (χ1n) is 4.78. The largest absolute Gasteiger partial charge is 0.474 e. The molecule has 0 saturated carbocycles. The van der Waals surface area contributed by atoms with Crippen molar-refractivity contribution in [3.63, 3.8) is 0 Å². The smallest absolute Gasteiger partial charge is 0.339 e. The average Bonchev–Trinajstić information content (AvgIpc) is 2.25. The van der Waals surface area contributed by atoms with Gasteiger partial charge in [0.25, 0.3) is 0 Å².